The van der Waals surface area contributed by atoms with Crippen molar-refractivity contribution >= 4 is 11.0 Å². The lowest BCUT2D eigenvalue weighted by Gasteiger charge is -2.22. The van der Waals surface area contributed by atoms with E-state index in [0.717, 1.165) is 100 Å². The molecule has 4 heteroatoms. The lowest BCUT2D eigenvalue weighted by molar-refractivity contribution is 0.472. The fraction of sp³-hybridized carbons (Fsp3) is 0.100. The Morgan fingerprint density at radius 1 is 0.484 bits per heavy atom. The molecule has 0 saturated heterocycles. The summed E-state index contributed by atoms with van der Waals surface area (Å²) in [7, 11) is 0. The van der Waals surface area contributed by atoms with Crippen LogP contribution in [-0.2, 0) is 0 Å². The monoisotopic (exact) mass is 828 g/mol. The molecule has 0 atom stereocenters. The average molecular weight is 829 g/mol. The van der Waals surface area contributed by atoms with Crippen molar-refractivity contribution in [3.63, 3.8) is 0 Å². The van der Waals surface area contributed by atoms with E-state index in [1.807, 2.05) is 69.4 Å². The van der Waals surface area contributed by atoms with Gasteiger partial charge < -0.3 is 5.11 Å². The number of para-hydroxylation sites is 1. The smallest absolute Gasteiger partial charge is 0.149 e. The van der Waals surface area contributed by atoms with Gasteiger partial charge in [0.15, 0.2) is 0 Å². The van der Waals surface area contributed by atoms with Gasteiger partial charge in [-0.15, -0.1) is 0 Å². The molecule has 0 aliphatic carbocycles. The third kappa shape index (κ3) is 7.58. The van der Waals surface area contributed by atoms with Crippen LogP contribution in [0.2, 0.25) is 0 Å². The SMILES string of the molecule is [2H]C(C)(C)c1cc(-c2ccccc2)c(-n2c(-c3cc(C)cc(C)c3O)nc3c(-c4cc(-c5ccccc5)cc(-c5cc(-c6ccc(C)cc6)ccn5)c4)cccc32)cc1-c1ccccc1. The van der Waals surface area contributed by atoms with Crippen LogP contribution < -0.4 is 0 Å². The van der Waals surface area contributed by atoms with E-state index in [1.165, 1.54) is 5.56 Å². The Balaban J connectivity index is 1.28. The lowest BCUT2D eigenvalue weighted by Crippen LogP contribution is -2.04. The minimum Gasteiger partial charge on any atom is -0.507 e. The number of pyridine rings is 1. The Kier molecular flexibility index (Phi) is 10.3. The molecule has 0 aliphatic heterocycles. The van der Waals surface area contributed by atoms with Gasteiger partial charge in [0.1, 0.15) is 11.6 Å². The van der Waals surface area contributed by atoms with E-state index in [9.17, 15) is 6.48 Å². The molecule has 10 rings (SSSR count). The molecule has 0 amide bonds. The summed E-state index contributed by atoms with van der Waals surface area (Å²) in [4.78, 5) is 10.5. The molecule has 0 spiro atoms. The van der Waals surface area contributed by atoms with Gasteiger partial charge in [0.2, 0.25) is 0 Å². The zero-order chi connectivity index (χ0) is 44.8. The highest BCUT2D eigenvalue weighted by atomic mass is 16.3. The number of fused-ring (bicyclic) bond motifs is 1. The van der Waals surface area contributed by atoms with Gasteiger partial charge in [0.25, 0.3) is 0 Å². The number of hydrogen-bond donors (Lipinski definition) is 1. The fourth-order valence-electron chi connectivity index (χ4n) is 9.02. The first kappa shape index (κ1) is 39.1. The number of phenols is 1. The van der Waals surface area contributed by atoms with Gasteiger partial charge in [-0.2, -0.15) is 0 Å². The molecule has 0 aliphatic rings. The molecule has 1 N–H and O–H groups in total. The van der Waals surface area contributed by atoms with Gasteiger partial charge in [-0.3, -0.25) is 9.55 Å². The van der Waals surface area contributed by atoms with Crippen molar-refractivity contribution in [3.8, 4) is 89.7 Å². The van der Waals surface area contributed by atoms with Gasteiger partial charge >= 0.3 is 0 Å². The Bertz CT molecular complexity index is 3370. The van der Waals surface area contributed by atoms with E-state index in [0.29, 0.717) is 11.4 Å². The minimum absolute atomic E-state index is 0.190. The maximum absolute atomic E-state index is 12.0. The highest BCUT2D eigenvalue weighted by Crippen LogP contribution is 2.45. The standard InChI is InChI=1S/C60H49N3O/c1-38(2)51-36-53(45-20-13-8-14-21-45)57(37-52(51)44-18-11-7-12-19-44)63-56-23-15-22-50(58(56)62-60(63)54-31-40(4)30-41(5)59(54)64)48-32-47(42-16-9-6-10-17-42)33-49(34-48)55-35-46(28-29-61-55)43-26-24-39(3)25-27-43/h6-38,64H,1-5H3/i38D. The summed E-state index contributed by atoms with van der Waals surface area (Å²) in [6, 6.07) is 65.6. The molecule has 310 valence electrons. The van der Waals surface area contributed by atoms with Crippen molar-refractivity contribution in [2.24, 2.45) is 0 Å². The number of rotatable bonds is 9. The van der Waals surface area contributed by atoms with Crippen molar-refractivity contribution in [2.45, 2.75) is 40.5 Å². The Morgan fingerprint density at radius 2 is 1.11 bits per heavy atom. The van der Waals surface area contributed by atoms with Gasteiger partial charge in [-0.05, 0) is 142 Å². The van der Waals surface area contributed by atoms with Crippen LogP contribution in [0, 0.1) is 20.8 Å². The second-order valence-corrected chi connectivity index (χ2v) is 17.0. The first-order valence-corrected chi connectivity index (χ1v) is 21.9. The summed E-state index contributed by atoms with van der Waals surface area (Å²) in [5.41, 5.74) is 19.3. The molecule has 64 heavy (non-hydrogen) atoms. The summed E-state index contributed by atoms with van der Waals surface area (Å²) >= 11 is 0. The molecule has 0 saturated carbocycles. The van der Waals surface area contributed by atoms with Crippen molar-refractivity contribution in [2.75, 3.05) is 0 Å². The molecule has 0 unspecified atom stereocenters. The Labute approximate surface area is 377 Å². The van der Waals surface area contributed by atoms with Crippen molar-refractivity contribution in [3.05, 3.63) is 217 Å². The number of benzene rings is 8. The van der Waals surface area contributed by atoms with Gasteiger partial charge in [-0.25, -0.2) is 4.98 Å². The topological polar surface area (TPSA) is 50.9 Å². The number of aryl methyl sites for hydroxylation is 3. The second-order valence-electron chi connectivity index (χ2n) is 17.0. The van der Waals surface area contributed by atoms with Crippen LogP contribution in [0.3, 0.4) is 0 Å². The second kappa shape index (κ2) is 16.8. The third-order valence-corrected chi connectivity index (χ3v) is 12.2. The van der Waals surface area contributed by atoms with E-state index >= 15 is 0 Å². The van der Waals surface area contributed by atoms with E-state index in [4.69, 9.17) is 9.97 Å². The van der Waals surface area contributed by atoms with E-state index in [-0.39, 0.29) is 5.75 Å². The highest BCUT2D eigenvalue weighted by Gasteiger charge is 2.25. The molecule has 2 aromatic heterocycles. The Morgan fingerprint density at radius 3 is 1.80 bits per heavy atom. The van der Waals surface area contributed by atoms with Crippen LogP contribution in [0.1, 0.15) is 43.4 Å². The fourth-order valence-corrected chi connectivity index (χ4v) is 9.02. The van der Waals surface area contributed by atoms with Crippen molar-refractivity contribution in [1.29, 1.82) is 0 Å². The van der Waals surface area contributed by atoms with Gasteiger partial charge in [0.05, 0.1) is 28.0 Å². The van der Waals surface area contributed by atoms with Crippen LogP contribution in [0.4, 0.5) is 0 Å². The number of aromatic nitrogens is 3. The molecule has 0 radical (unpaired) electrons. The van der Waals surface area contributed by atoms with Crippen LogP contribution in [0.15, 0.2) is 194 Å². The first-order valence-electron chi connectivity index (χ1n) is 22.4. The van der Waals surface area contributed by atoms with Crippen molar-refractivity contribution in [1.82, 2.24) is 14.5 Å². The summed E-state index contributed by atoms with van der Waals surface area (Å²) in [6.45, 7) is 10.0. The molecule has 4 nitrogen and oxygen atoms in total. The maximum Gasteiger partial charge on any atom is 0.149 e. The molecule has 2 heterocycles. The number of phenolic OH excluding ortho intramolecular Hbond substituents is 1. The summed E-state index contributed by atoms with van der Waals surface area (Å²) in [5.74, 6) is -0.102. The number of hydrogen-bond acceptors (Lipinski definition) is 3. The van der Waals surface area contributed by atoms with Crippen LogP contribution >= 0.6 is 0 Å². The third-order valence-electron chi connectivity index (χ3n) is 12.2. The maximum atomic E-state index is 12.0. The van der Waals surface area contributed by atoms with E-state index in [2.05, 4.69) is 164 Å². The van der Waals surface area contributed by atoms with Crippen LogP contribution in [-0.4, -0.2) is 19.6 Å². The first-order chi connectivity index (χ1) is 31.5. The average Bonchev–Trinajstić information content (AvgIpc) is 3.72. The summed E-state index contributed by atoms with van der Waals surface area (Å²) in [6.07, 6.45) is 1.89. The normalized spacial score (nSPS) is 11.8. The zero-order valence-electron chi connectivity index (χ0n) is 37.8. The van der Waals surface area contributed by atoms with Gasteiger partial charge in [0, 0.05) is 24.3 Å². The molecular formula is C60H49N3O. The molecule has 10 aromatic rings. The number of imidazole rings is 1. The van der Waals surface area contributed by atoms with E-state index in [1.54, 1.807) is 0 Å². The zero-order valence-corrected chi connectivity index (χ0v) is 36.8. The lowest BCUT2D eigenvalue weighted by atomic mass is 9.88. The van der Waals surface area contributed by atoms with E-state index < -0.39 is 5.89 Å². The highest BCUT2D eigenvalue weighted by molar-refractivity contribution is 5.99. The summed E-state index contributed by atoms with van der Waals surface area (Å²) in [5, 5.41) is 12.0. The number of aromatic hydroxyl groups is 1. The van der Waals surface area contributed by atoms with Crippen molar-refractivity contribution < 1.29 is 6.48 Å². The molecule has 0 fully saturated rings. The van der Waals surface area contributed by atoms with Crippen LogP contribution in [0.25, 0.3) is 95.0 Å². The Hall–Kier alpha value is -7.82. The predicted octanol–water partition coefficient (Wildman–Crippen LogP) is 15.8. The largest absolute Gasteiger partial charge is 0.507 e. The quantitative estimate of drug-likeness (QED) is 0.158. The molecular weight excluding hydrogens is 779 g/mol. The molecule has 0 bridgehead atoms. The van der Waals surface area contributed by atoms with Gasteiger partial charge in [-0.1, -0.05) is 153 Å². The number of nitrogens with zero attached hydrogens (tertiary/aromatic N) is 3. The summed E-state index contributed by atoms with van der Waals surface area (Å²) < 4.78 is 11.7. The van der Waals surface area contributed by atoms with Crippen LogP contribution in [0.5, 0.6) is 5.75 Å². The minimum atomic E-state index is -0.915. The molecule has 8 aromatic carbocycles. The predicted molar refractivity (Wildman–Crippen MR) is 267 cm³/mol.